The molecule has 2 rings (SSSR count). The minimum absolute atomic E-state index is 0.785. The summed E-state index contributed by atoms with van der Waals surface area (Å²) >= 11 is 0. The topological polar surface area (TPSA) is 0 Å². The highest BCUT2D eigenvalue weighted by atomic mass is 14.2. The lowest BCUT2D eigenvalue weighted by molar-refractivity contribution is 0.515. The predicted molar refractivity (Wildman–Crippen MR) is 75.2 cm³/mol. The summed E-state index contributed by atoms with van der Waals surface area (Å²) in [4.78, 5) is 0. The Kier molecular flexibility index (Phi) is 4.61. The fourth-order valence-corrected chi connectivity index (χ4v) is 2.66. The van der Waals surface area contributed by atoms with Crippen molar-refractivity contribution in [2.24, 2.45) is 0 Å². The van der Waals surface area contributed by atoms with Gasteiger partial charge in [-0.1, -0.05) is 48.1 Å². The first-order valence-corrected chi connectivity index (χ1v) is 6.74. The molecule has 17 heavy (non-hydrogen) atoms. The van der Waals surface area contributed by atoms with Crippen molar-refractivity contribution in [3.63, 3.8) is 0 Å². The highest BCUT2D eigenvalue weighted by Crippen LogP contribution is 2.35. The van der Waals surface area contributed by atoms with Crippen LogP contribution >= 0.6 is 0 Å². The smallest absolute Gasteiger partial charge is 0.0156 e. The van der Waals surface area contributed by atoms with E-state index in [-0.39, 0.29) is 0 Å². The lowest BCUT2D eigenvalue weighted by Gasteiger charge is -2.24. The summed E-state index contributed by atoms with van der Waals surface area (Å²) in [6, 6.07) is 11.0. The summed E-state index contributed by atoms with van der Waals surface area (Å²) in [5.41, 5.74) is 3.19. The van der Waals surface area contributed by atoms with Crippen molar-refractivity contribution in [1.29, 1.82) is 0 Å². The monoisotopic (exact) mass is 226 g/mol. The van der Waals surface area contributed by atoms with Crippen molar-refractivity contribution in [3.05, 3.63) is 60.2 Å². The van der Waals surface area contributed by atoms with Crippen LogP contribution in [0.4, 0.5) is 0 Å². The van der Waals surface area contributed by atoms with E-state index in [0.717, 1.165) is 12.3 Å². The quantitative estimate of drug-likeness (QED) is 0.486. The van der Waals surface area contributed by atoms with Gasteiger partial charge in [-0.15, -0.1) is 6.58 Å². The molecule has 0 spiro atoms. The van der Waals surface area contributed by atoms with Crippen LogP contribution in [-0.2, 0) is 0 Å². The molecule has 0 heterocycles. The zero-order chi connectivity index (χ0) is 11.9. The molecular weight excluding hydrogens is 204 g/mol. The van der Waals surface area contributed by atoms with E-state index in [0.29, 0.717) is 0 Å². The van der Waals surface area contributed by atoms with Crippen LogP contribution in [-0.4, -0.2) is 0 Å². The maximum Gasteiger partial charge on any atom is -0.0156 e. The molecule has 0 unspecified atom stereocenters. The summed E-state index contributed by atoms with van der Waals surface area (Å²) < 4.78 is 0. The second-order valence-electron chi connectivity index (χ2n) is 4.91. The predicted octanol–water partition coefficient (Wildman–Crippen LogP) is 5.24. The molecule has 0 atom stereocenters. The Hall–Kier alpha value is -1.30. The van der Waals surface area contributed by atoms with E-state index in [9.17, 15) is 0 Å². The van der Waals surface area contributed by atoms with Crippen molar-refractivity contribution >= 4 is 0 Å². The molecule has 0 saturated heterocycles. The van der Waals surface area contributed by atoms with E-state index < -0.39 is 0 Å². The Morgan fingerprint density at radius 3 is 2.41 bits per heavy atom. The fourth-order valence-electron chi connectivity index (χ4n) is 2.66. The molecule has 0 radical (unpaired) electrons. The second-order valence-corrected chi connectivity index (χ2v) is 4.91. The van der Waals surface area contributed by atoms with Crippen LogP contribution in [0.2, 0.25) is 0 Å². The molecule has 0 amide bonds. The van der Waals surface area contributed by atoms with Gasteiger partial charge in [0, 0.05) is 0 Å². The maximum atomic E-state index is 3.77. The van der Waals surface area contributed by atoms with E-state index >= 15 is 0 Å². The van der Waals surface area contributed by atoms with Gasteiger partial charge in [0.15, 0.2) is 0 Å². The van der Waals surface area contributed by atoms with Gasteiger partial charge in [0.1, 0.15) is 0 Å². The number of benzene rings is 1. The van der Waals surface area contributed by atoms with E-state index in [1.165, 1.54) is 37.7 Å². The van der Waals surface area contributed by atoms with Gasteiger partial charge in [-0.3, -0.25) is 0 Å². The number of allylic oxidation sites excluding steroid dienone is 3. The third-order valence-electron chi connectivity index (χ3n) is 3.70. The van der Waals surface area contributed by atoms with Gasteiger partial charge in [0.05, 0.1) is 0 Å². The van der Waals surface area contributed by atoms with Crippen molar-refractivity contribution < 1.29 is 0 Å². The van der Waals surface area contributed by atoms with E-state index in [2.05, 4.69) is 43.0 Å². The first kappa shape index (κ1) is 12.2. The molecular formula is C17H22. The zero-order valence-electron chi connectivity index (χ0n) is 10.6. The molecule has 1 aromatic rings. The van der Waals surface area contributed by atoms with Crippen LogP contribution in [0.25, 0.3) is 0 Å². The largest absolute Gasteiger partial charge is 0.103 e. The van der Waals surface area contributed by atoms with E-state index in [4.69, 9.17) is 0 Å². The third-order valence-corrected chi connectivity index (χ3v) is 3.70. The average Bonchev–Trinajstić information content (AvgIpc) is 2.41. The third kappa shape index (κ3) is 3.59. The number of rotatable bonds is 4. The van der Waals surface area contributed by atoms with Gasteiger partial charge in [0.2, 0.25) is 0 Å². The Labute approximate surface area is 105 Å². The van der Waals surface area contributed by atoms with E-state index in [1.807, 2.05) is 6.08 Å². The molecule has 1 saturated carbocycles. The van der Waals surface area contributed by atoms with Gasteiger partial charge in [-0.05, 0) is 50.0 Å². The first-order valence-electron chi connectivity index (χ1n) is 6.74. The Morgan fingerprint density at radius 2 is 1.76 bits per heavy atom. The highest BCUT2D eigenvalue weighted by molar-refractivity contribution is 5.22. The van der Waals surface area contributed by atoms with Crippen LogP contribution in [0.3, 0.4) is 0 Å². The Morgan fingerprint density at radius 1 is 1.06 bits per heavy atom. The summed E-state index contributed by atoms with van der Waals surface area (Å²) in [6.07, 6.45) is 12.0. The van der Waals surface area contributed by atoms with Crippen LogP contribution in [0.15, 0.2) is 54.6 Å². The molecule has 1 aliphatic rings. The van der Waals surface area contributed by atoms with Gasteiger partial charge in [-0.2, -0.15) is 0 Å². The minimum Gasteiger partial charge on any atom is -0.103 e. The normalized spacial score (nSPS) is 20.0. The molecule has 0 aromatic heterocycles. The molecule has 0 bridgehead atoms. The Balaban J connectivity index is 1.86. The number of hydrogen-bond acceptors (Lipinski definition) is 0. The lowest BCUT2D eigenvalue weighted by atomic mass is 9.81. The van der Waals surface area contributed by atoms with Crippen molar-refractivity contribution in [2.75, 3.05) is 0 Å². The summed E-state index contributed by atoms with van der Waals surface area (Å²) in [5.74, 6) is 0.785. The molecule has 1 aliphatic carbocycles. The molecule has 1 aromatic carbocycles. The number of unbranched alkanes of at least 4 members (excludes halogenated alkanes) is 1. The molecule has 0 heteroatoms. The molecule has 0 nitrogen and oxygen atoms in total. The van der Waals surface area contributed by atoms with Crippen LogP contribution in [0.5, 0.6) is 0 Å². The summed E-state index contributed by atoms with van der Waals surface area (Å²) in [5, 5.41) is 0. The van der Waals surface area contributed by atoms with Crippen molar-refractivity contribution in [1.82, 2.24) is 0 Å². The highest BCUT2D eigenvalue weighted by Gasteiger charge is 2.17. The second kappa shape index (κ2) is 6.44. The van der Waals surface area contributed by atoms with Gasteiger partial charge < -0.3 is 0 Å². The van der Waals surface area contributed by atoms with Crippen LogP contribution < -0.4 is 0 Å². The standard InChI is InChI=1S/C17H22/c1-2-3-5-8-15-11-13-17(14-12-15)16-9-6-4-7-10-16/h2,4,6-10,17H,1,3,5,11-14H2. The lowest BCUT2D eigenvalue weighted by Crippen LogP contribution is -2.06. The molecule has 1 fully saturated rings. The number of hydrogen-bond donors (Lipinski definition) is 0. The first-order chi connectivity index (χ1) is 8.40. The fraction of sp³-hybridized carbons (Fsp3) is 0.412. The van der Waals surface area contributed by atoms with Crippen molar-refractivity contribution in [3.8, 4) is 0 Å². The van der Waals surface area contributed by atoms with Crippen LogP contribution in [0.1, 0.15) is 50.0 Å². The SMILES string of the molecule is C=CCCC=C1CCC(c2ccccc2)CC1. The summed E-state index contributed by atoms with van der Waals surface area (Å²) in [7, 11) is 0. The molecule has 0 N–H and O–H groups in total. The maximum absolute atomic E-state index is 3.77. The zero-order valence-corrected chi connectivity index (χ0v) is 10.6. The van der Waals surface area contributed by atoms with Gasteiger partial charge in [-0.25, -0.2) is 0 Å². The molecule has 90 valence electrons. The average molecular weight is 226 g/mol. The van der Waals surface area contributed by atoms with Crippen LogP contribution in [0, 0.1) is 0 Å². The molecule has 0 aliphatic heterocycles. The van der Waals surface area contributed by atoms with Gasteiger partial charge in [0.25, 0.3) is 0 Å². The van der Waals surface area contributed by atoms with Gasteiger partial charge >= 0.3 is 0 Å². The Bertz CT molecular complexity index is 362. The van der Waals surface area contributed by atoms with Crippen molar-refractivity contribution in [2.45, 2.75) is 44.4 Å². The summed E-state index contributed by atoms with van der Waals surface area (Å²) in [6.45, 7) is 3.77. The van der Waals surface area contributed by atoms with E-state index in [1.54, 1.807) is 5.57 Å². The minimum atomic E-state index is 0.785.